The fraction of sp³-hybridized carbons (Fsp3) is 0. The van der Waals surface area contributed by atoms with Gasteiger partial charge in [0, 0.05) is 0 Å². The van der Waals surface area contributed by atoms with Gasteiger partial charge in [-0.15, -0.1) is 0 Å². The molecule has 0 bridgehead atoms. The van der Waals surface area contributed by atoms with Gasteiger partial charge in [-0.05, 0) is 15.9 Å². The minimum absolute atomic E-state index is 0.0573. The van der Waals surface area contributed by atoms with E-state index in [2.05, 4.69) is 33.3 Å². The minimum atomic E-state index is -0.754. The first-order valence-electron chi connectivity index (χ1n) is 2.41. The molecule has 0 N–H and O–H groups in total. The topological polar surface area (TPSA) is 52.6 Å². The van der Waals surface area contributed by atoms with Gasteiger partial charge in [-0.1, -0.05) is 5.98 Å². The zero-order chi connectivity index (χ0) is 8.69. The number of carbonyl (C=O) groups is 2. The van der Waals surface area contributed by atoms with Crippen LogP contribution in [0, 0.1) is 0 Å². The van der Waals surface area contributed by atoms with Gasteiger partial charge in [0.15, 0.2) is 0 Å². The van der Waals surface area contributed by atoms with Gasteiger partial charge in [0.05, 0.1) is 4.48 Å². The third-order valence-electron chi connectivity index (χ3n) is 0.651. The molecular formula is C4H2B2BrO4. The molecule has 0 aliphatic rings. The second-order valence-corrected chi connectivity index (χ2v) is 2.14. The summed E-state index contributed by atoms with van der Waals surface area (Å²) in [4.78, 5) is 20.1. The summed E-state index contributed by atoms with van der Waals surface area (Å²) in [6.07, 6.45) is 0. The molecule has 0 rings (SSSR count). The zero-order valence-corrected chi connectivity index (χ0v) is 6.91. The van der Waals surface area contributed by atoms with Crippen molar-refractivity contribution in [2.75, 3.05) is 0 Å². The number of carbonyl (C=O) groups excluding carboxylic acids is 2. The minimum Gasteiger partial charge on any atom is -0.540 e. The standard InChI is InChI=1S/C4H2B2BrO4/c5-11-4(9)3(7)1-6-10-2-8/h1-2H/b3-1+. The number of rotatable bonds is 4. The highest BCUT2D eigenvalue weighted by Crippen LogP contribution is 2.04. The Morgan fingerprint density at radius 2 is 2.27 bits per heavy atom. The summed E-state index contributed by atoms with van der Waals surface area (Å²) in [6, 6.07) is 0. The fourth-order valence-corrected chi connectivity index (χ4v) is 0.457. The van der Waals surface area contributed by atoms with Crippen molar-refractivity contribution in [3.05, 3.63) is 10.5 Å². The first-order valence-corrected chi connectivity index (χ1v) is 3.21. The van der Waals surface area contributed by atoms with Gasteiger partial charge in [0.2, 0.25) is 0 Å². The molecule has 0 aromatic carbocycles. The van der Waals surface area contributed by atoms with Crippen LogP contribution in [0.1, 0.15) is 0 Å². The SMILES string of the molecule is [B]OC(=O)/C(Br)=C\[B]OC=O. The molecular weight excluding hydrogens is 214 g/mol. The Balaban J connectivity index is 3.79. The van der Waals surface area contributed by atoms with E-state index in [1.165, 1.54) is 5.98 Å². The van der Waals surface area contributed by atoms with Crippen molar-refractivity contribution >= 4 is 43.9 Å². The monoisotopic (exact) mass is 215 g/mol. The highest BCUT2D eigenvalue weighted by molar-refractivity contribution is 9.12. The van der Waals surface area contributed by atoms with Crippen LogP contribution in [0.4, 0.5) is 0 Å². The van der Waals surface area contributed by atoms with Gasteiger partial charge in [-0.2, -0.15) is 0 Å². The Hall–Kier alpha value is -0.710. The van der Waals surface area contributed by atoms with Crippen molar-refractivity contribution in [2.45, 2.75) is 0 Å². The van der Waals surface area contributed by atoms with Gasteiger partial charge in [0.1, 0.15) is 0 Å². The summed E-state index contributed by atoms with van der Waals surface area (Å²) in [6.45, 7) is 0.213. The molecule has 0 spiro atoms. The Labute approximate surface area is 73.8 Å². The Morgan fingerprint density at radius 3 is 2.73 bits per heavy atom. The molecule has 4 nitrogen and oxygen atoms in total. The average Bonchev–Trinajstić information content (AvgIpc) is 2.03. The first-order chi connectivity index (χ1) is 5.22. The highest BCUT2D eigenvalue weighted by atomic mass is 79.9. The Bertz CT molecular complexity index is 181. The maximum atomic E-state index is 10.5. The van der Waals surface area contributed by atoms with Crippen LogP contribution in [0.25, 0.3) is 0 Å². The van der Waals surface area contributed by atoms with E-state index in [4.69, 9.17) is 0 Å². The Kier molecular flexibility index (Phi) is 5.64. The van der Waals surface area contributed by atoms with E-state index in [1.54, 1.807) is 0 Å². The molecule has 0 fully saturated rings. The summed E-state index contributed by atoms with van der Waals surface area (Å²) in [5.41, 5.74) is 0. The van der Waals surface area contributed by atoms with Crippen LogP contribution in [0.3, 0.4) is 0 Å². The Morgan fingerprint density at radius 1 is 1.64 bits per heavy atom. The van der Waals surface area contributed by atoms with Gasteiger partial charge in [-0.25, -0.2) is 4.79 Å². The third-order valence-corrected chi connectivity index (χ3v) is 1.24. The maximum Gasteiger partial charge on any atom is 0.405 e. The number of hydrogen-bond acceptors (Lipinski definition) is 4. The predicted molar refractivity (Wildman–Crippen MR) is 41.8 cm³/mol. The second-order valence-electron chi connectivity index (χ2n) is 1.29. The summed E-state index contributed by atoms with van der Waals surface area (Å²) >= 11 is 2.81. The first kappa shape index (κ1) is 10.3. The largest absolute Gasteiger partial charge is 0.540 e. The summed E-state index contributed by atoms with van der Waals surface area (Å²) in [5, 5.41) is 0. The quantitative estimate of drug-likeness (QED) is 0.278. The molecule has 55 valence electrons. The van der Waals surface area contributed by atoms with Crippen LogP contribution in [-0.2, 0) is 18.9 Å². The molecule has 7 heteroatoms. The van der Waals surface area contributed by atoms with Crippen molar-refractivity contribution < 1.29 is 18.9 Å². The molecule has 0 saturated carbocycles. The molecule has 0 aromatic rings. The molecule has 0 heterocycles. The molecule has 0 unspecified atom stereocenters. The molecule has 0 aliphatic heterocycles. The normalized spacial score (nSPS) is 10.1. The second kappa shape index (κ2) is 6.03. The van der Waals surface area contributed by atoms with E-state index in [9.17, 15) is 9.59 Å². The number of halogens is 1. The van der Waals surface area contributed by atoms with Crippen LogP contribution in [0.2, 0.25) is 0 Å². The lowest BCUT2D eigenvalue weighted by Gasteiger charge is -1.95. The molecule has 0 saturated heterocycles. The van der Waals surface area contributed by atoms with Crippen LogP contribution in [0.15, 0.2) is 10.5 Å². The van der Waals surface area contributed by atoms with Crippen molar-refractivity contribution in [2.24, 2.45) is 0 Å². The van der Waals surface area contributed by atoms with Crippen LogP contribution in [0.5, 0.6) is 0 Å². The van der Waals surface area contributed by atoms with Crippen LogP contribution >= 0.6 is 15.9 Å². The van der Waals surface area contributed by atoms with E-state index in [0.717, 1.165) is 7.48 Å². The number of hydrogen-bond donors (Lipinski definition) is 0. The van der Waals surface area contributed by atoms with Gasteiger partial charge in [0.25, 0.3) is 6.47 Å². The average molecular weight is 216 g/mol. The lowest BCUT2D eigenvalue weighted by molar-refractivity contribution is -0.129. The van der Waals surface area contributed by atoms with Gasteiger partial charge < -0.3 is 9.31 Å². The van der Waals surface area contributed by atoms with Crippen LogP contribution in [-0.4, -0.2) is 28.0 Å². The molecule has 0 atom stereocenters. The molecule has 11 heavy (non-hydrogen) atoms. The van der Waals surface area contributed by atoms with E-state index in [0.29, 0.717) is 0 Å². The van der Waals surface area contributed by atoms with Crippen molar-refractivity contribution in [3.63, 3.8) is 0 Å². The van der Waals surface area contributed by atoms with Crippen molar-refractivity contribution in [3.8, 4) is 0 Å². The van der Waals surface area contributed by atoms with E-state index >= 15 is 0 Å². The third kappa shape index (κ3) is 4.66. The molecule has 0 aliphatic carbocycles. The van der Waals surface area contributed by atoms with E-state index in [-0.39, 0.29) is 11.0 Å². The molecule has 0 amide bonds. The smallest absolute Gasteiger partial charge is 0.405 e. The van der Waals surface area contributed by atoms with E-state index in [1.807, 2.05) is 0 Å². The summed E-state index contributed by atoms with van der Waals surface area (Å²) in [7, 11) is 5.54. The maximum absolute atomic E-state index is 10.5. The fourth-order valence-electron chi connectivity index (χ4n) is 0.255. The zero-order valence-electron chi connectivity index (χ0n) is 5.32. The predicted octanol–water partition coefficient (Wildman–Crippen LogP) is -0.358. The van der Waals surface area contributed by atoms with Crippen molar-refractivity contribution in [1.29, 1.82) is 0 Å². The van der Waals surface area contributed by atoms with Crippen molar-refractivity contribution in [1.82, 2.24) is 0 Å². The molecule has 0 aromatic heterocycles. The summed E-state index contributed by atoms with van der Waals surface area (Å²) in [5.74, 6) is 0.430. The van der Waals surface area contributed by atoms with Gasteiger partial charge in [-0.3, -0.25) is 4.79 Å². The van der Waals surface area contributed by atoms with Gasteiger partial charge >= 0.3 is 21.5 Å². The van der Waals surface area contributed by atoms with Crippen LogP contribution < -0.4 is 0 Å². The molecule has 3 radical (unpaired) electrons. The lowest BCUT2D eigenvalue weighted by Crippen LogP contribution is -2.03. The lowest BCUT2D eigenvalue weighted by atomic mass is 10.0. The van der Waals surface area contributed by atoms with E-state index < -0.39 is 5.97 Å². The summed E-state index contributed by atoms with van der Waals surface area (Å²) < 4.78 is 8.02. The highest BCUT2D eigenvalue weighted by Gasteiger charge is 2.03.